The molecule has 0 spiro atoms. The molecule has 0 aromatic heterocycles. The number of hydrogen-bond donors (Lipinski definition) is 0. The summed E-state index contributed by atoms with van der Waals surface area (Å²) in [5.74, 6) is -0.961. The van der Waals surface area contributed by atoms with E-state index in [4.69, 9.17) is 14.2 Å². The third-order valence-electron chi connectivity index (χ3n) is 10.7. The molecule has 0 aliphatic carbocycles. The van der Waals surface area contributed by atoms with Gasteiger partial charge in [-0.15, -0.1) is 0 Å². The molecule has 0 saturated heterocycles. The molecule has 61 heavy (non-hydrogen) atoms. The van der Waals surface area contributed by atoms with E-state index >= 15 is 0 Å². The molecule has 0 unspecified atom stereocenters. The van der Waals surface area contributed by atoms with Crippen molar-refractivity contribution < 1.29 is 28.6 Å². The third-order valence-corrected chi connectivity index (χ3v) is 10.7. The summed E-state index contributed by atoms with van der Waals surface area (Å²) >= 11 is 0. The average Bonchev–Trinajstić information content (AvgIpc) is 3.26. The van der Waals surface area contributed by atoms with Crippen LogP contribution in [0.4, 0.5) is 0 Å². The van der Waals surface area contributed by atoms with Crippen LogP contribution in [-0.4, -0.2) is 37.2 Å². The second-order valence-electron chi connectivity index (χ2n) is 16.7. The molecule has 0 N–H and O–H groups in total. The predicted molar refractivity (Wildman–Crippen MR) is 261 cm³/mol. The van der Waals surface area contributed by atoms with Gasteiger partial charge in [-0.05, 0) is 116 Å². The number of carbonyl (C=O) groups is 3. The highest BCUT2D eigenvalue weighted by Crippen LogP contribution is 2.13. The van der Waals surface area contributed by atoms with Gasteiger partial charge in [0.2, 0.25) is 0 Å². The van der Waals surface area contributed by atoms with E-state index in [1.165, 1.54) is 96.3 Å². The van der Waals surface area contributed by atoms with E-state index in [0.29, 0.717) is 19.3 Å². The Labute approximate surface area is 376 Å². The summed E-state index contributed by atoms with van der Waals surface area (Å²) in [6.07, 6.45) is 61.6. The summed E-state index contributed by atoms with van der Waals surface area (Å²) in [7, 11) is 0. The first-order valence-electron chi connectivity index (χ1n) is 25.4. The lowest BCUT2D eigenvalue weighted by Gasteiger charge is -2.18. The molecule has 0 saturated carbocycles. The highest BCUT2D eigenvalue weighted by Gasteiger charge is 2.19. The third kappa shape index (κ3) is 47.7. The van der Waals surface area contributed by atoms with Crippen LogP contribution in [0, 0.1) is 0 Å². The monoisotopic (exact) mass is 851 g/mol. The van der Waals surface area contributed by atoms with E-state index in [9.17, 15) is 14.4 Å². The molecular formula is C55H94O6. The summed E-state index contributed by atoms with van der Waals surface area (Å²) in [6, 6.07) is 0. The summed E-state index contributed by atoms with van der Waals surface area (Å²) < 4.78 is 16.7. The summed E-state index contributed by atoms with van der Waals surface area (Å²) in [6.45, 7) is 6.51. The second kappa shape index (κ2) is 49.5. The number of allylic oxidation sites excluding steroid dienone is 12. The van der Waals surface area contributed by atoms with E-state index in [2.05, 4.69) is 93.7 Å². The molecule has 6 nitrogen and oxygen atoms in total. The van der Waals surface area contributed by atoms with Crippen molar-refractivity contribution in [2.75, 3.05) is 13.2 Å². The second-order valence-corrected chi connectivity index (χ2v) is 16.7. The van der Waals surface area contributed by atoms with Gasteiger partial charge in [0.1, 0.15) is 13.2 Å². The average molecular weight is 851 g/mol. The standard InChI is InChI=1S/C55H94O6/c1-4-7-10-13-16-19-22-25-27-30-33-36-39-42-45-48-54(57)60-51-52(50-59-53(56)47-44-41-38-35-32-29-24-21-18-15-12-9-6-3)61-55(58)49-46-43-40-37-34-31-28-26-23-20-17-14-11-8-5-2/h16-17,19-21,24-28,34,37,52H,4-15,18,22-23,29-33,35-36,38-51H2,1-3H3/b19-16-,20-17-,24-21-,27-25-,28-26-,37-34-/t52-/m0/s1. The Bertz CT molecular complexity index is 1160. The molecule has 0 aliphatic heterocycles. The van der Waals surface area contributed by atoms with E-state index in [0.717, 1.165) is 96.3 Å². The highest BCUT2D eigenvalue weighted by atomic mass is 16.6. The molecule has 0 rings (SSSR count). The number of hydrogen-bond acceptors (Lipinski definition) is 6. The topological polar surface area (TPSA) is 78.9 Å². The number of ether oxygens (including phenoxy) is 3. The summed E-state index contributed by atoms with van der Waals surface area (Å²) in [5, 5.41) is 0. The van der Waals surface area contributed by atoms with Crippen LogP contribution in [0.5, 0.6) is 0 Å². The van der Waals surface area contributed by atoms with Crippen LogP contribution in [0.25, 0.3) is 0 Å². The minimum absolute atomic E-state index is 0.1000. The van der Waals surface area contributed by atoms with E-state index in [-0.39, 0.29) is 37.5 Å². The fourth-order valence-electron chi connectivity index (χ4n) is 6.77. The molecule has 0 heterocycles. The van der Waals surface area contributed by atoms with Crippen LogP contribution < -0.4 is 0 Å². The largest absolute Gasteiger partial charge is 0.462 e. The van der Waals surface area contributed by atoms with Gasteiger partial charge in [0, 0.05) is 19.3 Å². The SMILES string of the molecule is CCCCC/C=C\C/C=C\C/C=C\CCCCC(=O)O[C@H](COC(=O)CCCCCCC/C=C\C/C=C\CCCCC)COC(=O)CCCCCCC/C=C\CCCCCC. The van der Waals surface area contributed by atoms with Crippen molar-refractivity contribution in [3.63, 3.8) is 0 Å². The molecule has 0 aliphatic rings. The predicted octanol–water partition coefficient (Wildman–Crippen LogP) is 16.6. The maximum absolute atomic E-state index is 12.8. The summed E-state index contributed by atoms with van der Waals surface area (Å²) in [5.41, 5.74) is 0. The zero-order valence-corrected chi connectivity index (χ0v) is 39.9. The molecular weight excluding hydrogens is 757 g/mol. The normalized spacial score (nSPS) is 12.6. The maximum atomic E-state index is 12.8. The lowest BCUT2D eigenvalue weighted by atomic mass is 10.1. The molecule has 0 radical (unpaired) electrons. The number of carbonyl (C=O) groups excluding carboxylic acids is 3. The minimum atomic E-state index is -0.803. The van der Waals surface area contributed by atoms with Crippen LogP contribution in [0.15, 0.2) is 72.9 Å². The smallest absolute Gasteiger partial charge is 0.306 e. The van der Waals surface area contributed by atoms with Gasteiger partial charge >= 0.3 is 17.9 Å². The van der Waals surface area contributed by atoms with Gasteiger partial charge in [-0.1, -0.05) is 177 Å². The molecule has 0 aromatic rings. The first kappa shape index (κ1) is 57.9. The molecule has 0 amide bonds. The number of rotatable bonds is 45. The molecule has 350 valence electrons. The van der Waals surface area contributed by atoms with Crippen molar-refractivity contribution >= 4 is 17.9 Å². The molecule has 6 heteroatoms. The Morgan fingerprint density at radius 1 is 0.328 bits per heavy atom. The van der Waals surface area contributed by atoms with Crippen LogP contribution in [0.3, 0.4) is 0 Å². The van der Waals surface area contributed by atoms with Crippen LogP contribution in [-0.2, 0) is 28.6 Å². The quantitative estimate of drug-likeness (QED) is 0.0263. The van der Waals surface area contributed by atoms with Crippen molar-refractivity contribution in [1.29, 1.82) is 0 Å². The van der Waals surface area contributed by atoms with E-state index < -0.39 is 6.10 Å². The highest BCUT2D eigenvalue weighted by molar-refractivity contribution is 5.71. The first-order valence-corrected chi connectivity index (χ1v) is 25.4. The van der Waals surface area contributed by atoms with Crippen LogP contribution in [0.1, 0.15) is 239 Å². The zero-order chi connectivity index (χ0) is 44.4. The molecule has 0 aromatic carbocycles. The van der Waals surface area contributed by atoms with Gasteiger partial charge < -0.3 is 14.2 Å². The van der Waals surface area contributed by atoms with Gasteiger partial charge in [0.15, 0.2) is 6.10 Å². The lowest BCUT2D eigenvalue weighted by molar-refractivity contribution is -0.167. The van der Waals surface area contributed by atoms with Gasteiger partial charge in [0.05, 0.1) is 0 Å². The Morgan fingerprint density at radius 2 is 0.590 bits per heavy atom. The van der Waals surface area contributed by atoms with Gasteiger partial charge in [0.25, 0.3) is 0 Å². The van der Waals surface area contributed by atoms with Gasteiger partial charge in [-0.25, -0.2) is 0 Å². The zero-order valence-electron chi connectivity index (χ0n) is 39.9. The van der Waals surface area contributed by atoms with Crippen molar-refractivity contribution in [3.8, 4) is 0 Å². The Morgan fingerprint density at radius 3 is 1.00 bits per heavy atom. The first-order chi connectivity index (χ1) is 30.0. The molecule has 1 atom stereocenters. The van der Waals surface area contributed by atoms with E-state index in [1.807, 2.05) is 0 Å². The van der Waals surface area contributed by atoms with Crippen molar-refractivity contribution in [1.82, 2.24) is 0 Å². The lowest BCUT2D eigenvalue weighted by Crippen LogP contribution is -2.30. The number of esters is 3. The van der Waals surface area contributed by atoms with Crippen molar-refractivity contribution in [2.45, 2.75) is 245 Å². The molecule has 0 bridgehead atoms. The fourth-order valence-corrected chi connectivity index (χ4v) is 6.77. The van der Waals surface area contributed by atoms with Crippen molar-refractivity contribution in [3.05, 3.63) is 72.9 Å². The van der Waals surface area contributed by atoms with E-state index in [1.54, 1.807) is 0 Å². The molecule has 0 fully saturated rings. The Kier molecular flexibility index (Phi) is 46.9. The number of unbranched alkanes of at least 4 members (excludes halogenated alkanes) is 22. The Hall–Kier alpha value is -3.15. The van der Waals surface area contributed by atoms with Crippen LogP contribution in [0.2, 0.25) is 0 Å². The Balaban J connectivity index is 4.49. The minimum Gasteiger partial charge on any atom is -0.462 e. The van der Waals surface area contributed by atoms with Crippen LogP contribution >= 0.6 is 0 Å². The van der Waals surface area contributed by atoms with Gasteiger partial charge in [-0.3, -0.25) is 14.4 Å². The van der Waals surface area contributed by atoms with Gasteiger partial charge in [-0.2, -0.15) is 0 Å². The summed E-state index contributed by atoms with van der Waals surface area (Å²) in [4.78, 5) is 37.9. The maximum Gasteiger partial charge on any atom is 0.306 e. The fraction of sp³-hybridized carbons (Fsp3) is 0.727. The van der Waals surface area contributed by atoms with Crippen molar-refractivity contribution in [2.24, 2.45) is 0 Å².